The zero-order valence-electron chi connectivity index (χ0n) is 13.6. The zero-order valence-corrected chi connectivity index (χ0v) is 15.2. The lowest BCUT2D eigenvalue weighted by Gasteiger charge is -2.32. The van der Waals surface area contributed by atoms with Gasteiger partial charge >= 0.3 is 6.09 Å². The van der Waals surface area contributed by atoms with Gasteiger partial charge in [-0.05, 0) is 68.2 Å². The number of hydrogen-bond acceptors (Lipinski definition) is 2. The molecule has 2 aliphatic rings. The van der Waals surface area contributed by atoms with E-state index < -0.39 is 6.09 Å². The second-order valence-corrected chi connectivity index (χ2v) is 7.79. The largest absolute Gasteiger partial charge is 0.465 e. The SMILES string of the molecule is O=C(NC(CC1CCN(C(=O)O)CC1)C1CC1)c1ccc(Br)cc1. The maximum atomic E-state index is 12.5. The van der Waals surface area contributed by atoms with E-state index in [1.54, 1.807) is 0 Å². The molecule has 0 spiro atoms. The molecule has 6 heteroatoms. The molecule has 0 radical (unpaired) electrons. The predicted octanol–water partition coefficient (Wildman–Crippen LogP) is 3.74. The van der Waals surface area contributed by atoms with Crippen molar-refractivity contribution in [2.24, 2.45) is 11.8 Å². The van der Waals surface area contributed by atoms with Crippen LogP contribution in [0.25, 0.3) is 0 Å². The van der Waals surface area contributed by atoms with Crippen LogP contribution in [0, 0.1) is 11.8 Å². The molecule has 1 heterocycles. The van der Waals surface area contributed by atoms with Gasteiger partial charge in [0.15, 0.2) is 0 Å². The Bertz CT molecular complexity index is 593. The van der Waals surface area contributed by atoms with E-state index in [4.69, 9.17) is 5.11 Å². The molecule has 5 nitrogen and oxygen atoms in total. The summed E-state index contributed by atoms with van der Waals surface area (Å²) in [7, 11) is 0. The Labute approximate surface area is 150 Å². The zero-order chi connectivity index (χ0) is 17.1. The Hall–Kier alpha value is -1.56. The van der Waals surface area contributed by atoms with Crippen LogP contribution in [0.5, 0.6) is 0 Å². The number of carboxylic acid groups (broad SMARTS) is 1. The van der Waals surface area contributed by atoms with E-state index in [9.17, 15) is 9.59 Å². The fraction of sp³-hybridized carbons (Fsp3) is 0.556. The highest BCUT2D eigenvalue weighted by molar-refractivity contribution is 9.10. The van der Waals surface area contributed by atoms with Gasteiger partial charge in [0, 0.05) is 29.2 Å². The number of hydrogen-bond donors (Lipinski definition) is 2. The van der Waals surface area contributed by atoms with Crippen LogP contribution in [-0.4, -0.2) is 41.1 Å². The Morgan fingerprint density at radius 2 is 1.79 bits per heavy atom. The van der Waals surface area contributed by atoms with Crippen molar-refractivity contribution < 1.29 is 14.7 Å². The quantitative estimate of drug-likeness (QED) is 0.798. The molecule has 3 rings (SSSR count). The molecule has 1 atom stereocenters. The third kappa shape index (κ3) is 4.50. The van der Waals surface area contributed by atoms with Crippen LogP contribution >= 0.6 is 15.9 Å². The molecule has 130 valence electrons. The number of nitrogens with one attached hydrogen (secondary N) is 1. The highest BCUT2D eigenvalue weighted by Crippen LogP contribution is 2.37. The van der Waals surface area contributed by atoms with Crippen molar-refractivity contribution in [1.82, 2.24) is 10.2 Å². The highest BCUT2D eigenvalue weighted by atomic mass is 79.9. The third-order valence-corrected chi connectivity index (χ3v) is 5.61. The molecule has 1 aliphatic carbocycles. The minimum Gasteiger partial charge on any atom is -0.465 e. The van der Waals surface area contributed by atoms with Crippen LogP contribution in [0.4, 0.5) is 4.79 Å². The lowest BCUT2D eigenvalue weighted by molar-refractivity contribution is 0.0915. The minimum atomic E-state index is -0.823. The topological polar surface area (TPSA) is 69.6 Å². The number of carbonyl (C=O) groups excluding carboxylic acids is 1. The number of nitrogens with zero attached hydrogens (tertiary/aromatic N) is 1. The first kappa shape index (κ1) is 17.3. The summed E-state index contributed by atoms with van der Waals surface area (Å²) in [4.78, 5) is 25.0. The number of carbonyl (C=O) groups is 2. The second-order valence-electron chi connectivity index (χ2n) is 6.87. The summed E-state index contributed by atoms with van der Waals surface area (Å²) < 4.78 is 0.961. The van der Waals surface area contributed by atoms with Crippen LogP contribution in [0.3, 0.4) is 0 Å². The van der Waals surface area contributed by atoms with Gasteiger partial charge in [0.1, 0.15) is 0 Å². The molecule has 1 aromatic rings. The number of likely N-dealkylation sites (tertiary alicyclic amines) is 1. The monoisotopic (exact) mass is 394 g/mol. The molecular weight excluding hydrogens is 372 g/mol. The van der Waals surface area contributed by atoms with Gasteiger partial charge in [0.25, 0.3) is 5.91 Å². The van der Waals surface area contributed by atoms with Crippen molar-refractivity contribution in [2.75, 3.05) is 13.1 Å². The third-order valence-electron chi connectivity index (χ3n) is 5.09. The van der Waals surface area contributed by atoms with Crippen molar-refractivity contribution in [2.45, 2.75) is 38.1 Å². The Balaban J connectivity index is 1.55. The smallest absolute Gasteiger partial charge is 0.407 e. The first-order valence-electron chi connectivity index (χ1n) is 8.57. The molecule has 1 saturated carbocycles. The molecular formula is C18H23BrN2O3. The van der Waals surface area contributed by atoms with Crippen molar-refractivity contribution in [1.29, 1.82) is 0 Å². The van der Waals surface area contributed by atoms with Crippen molar-refractivity contribution in [3.05, 3.63) is 34.3 Å². The van der Waals surface area contributed by atoms with Gasteiger partial charge < -0.3 is 15.3 Å². The maximum absolute atomic E-state index is 12.5. The lowest BCUT2D eigenvalue weighted by atomic mass is 9.88. The highest BCUT2D eigenvalue weighted by Gasteiger charge is 2.35. The average Bonchev–Trinajstić information content (AvgIpc) is 3.40. The Morgan fingerprint density at radius 1 is 1.17 bits per heavy atom. The molecule has 1 aromatic carbocycles. The Kier molecular flexibility index (Phi) is 5.43. The first-order chi connectivity index (χ1) is 11.5. The van der Waals surface area contributed by atoms with E-state index in [2.05, 4.69) is 21.2 Å². The summed E-state index contributed by atoms with van der Waals surface area (Å²) in [6.07, 6.45) is 4.28. The van der Waals surface area contributed by atoms with E-state index in [1.165, 1.54) is 17.7 Å². The molecule has 2 fully saturated rings. The molecule has 0 aromatic heterocycles. The summed E-state index contributed by atoms with van der Waals surface area (Å²) in [5, 5.41) is 12.2. The molecule has 1 unspecified atom stereocenters. The van der Waals surface area contributed by atoms with Crippen LogP contribution in [0.2, 0.25) is 0 Å². The lowest BCUT2D eigenvalue weighted by Crippen LogP contribution is -2.42. The van der Waals surface area contributed by atoms with Crippen LogP contribution in [0.1, 0.15) is 42.5 Å². The second kappa shape index (κ2) is 7.55. The van der Waals surface area contributed by atoms with E-state index in [1.807, 2.05) is 24.3 Å². The van der Waals surface area contributed by atoms with Crippen LogP contribution in [0.15, 0.2) is 28.7 Å². The summed E-state index contributed by atoms with van der Waals surface area (Å²) in [5.74, 6) is 1.07. The first-order valence-corrected chi connectivity index (χ1v) is 9.36. The molecule has 24 heavy (non-hydrogen) atoms. The summed E-state index contributed by atoms with van der Waals surface area (Å²) in [6, 6.07) is 7.62. The summed E-state index contributed by atoms with van der Waals surface area (Å²) >= 11 is 3.38. The van der Waals surface area contributed by atoms with Crippen molar-refractivity contribution in [3.63, 3.8) is 0 Å². The van der Waals surface area contributed by atoms with Gasteiger partial charge in [0.05, 0.1) is 0 Å². The molecule has 2 amide bonds. The number of benzene rings is 1. The number of rotatable bonds is 5. The van der Waals surface area contributed by atoms with Gasteiger partial charge in [0.2, 0.25) is 0 Å². The van der Waals surface area contributed by atoms with Crippen LogP contribution < -0.4 is 5.32 Å². The maximum Gasteiger partial charge on any atom is 0.407 e. The number of halogens is 1. The molecule has 1 aliphatic heterocycles. The number of amides is 2. The minimum absolute atomic E-state index is 0.0117. The van der Waals surface area contributed by atoms with Gasteiger partial charge in [-0.2, -0.15) is 0 Å². The standard InChI is InChI=1S/C18H23BrN2O3/c19-15-5-3-14(4-6-15)17(22)20-16(13-1-2-13)11-12-7-9-21(10-8-12)18(23)24/h3-6,12-13,16H,1-2,7-11H2,(H,20,22)(H,23,24). The van der Waals surface area contributed by atoms with Crippen molar-refractivity contribution in [3.8, 4) is 0 Å². The Morgan fingerprint density at radius 3 is 2.33 bits per heavy atom. The van der Waals surface area contributed by atoms with Crippen LogP contribution in [-0.2, 0) is 0 Å². The fourth-order valence-electron chi connectivity index (χ4n) is 3.44. The van der Waals surface area contributed by atoms with Crippen molar-refractivity contribution >= 4 is 27.9 Å². The molecule has 1 saturated heterocycles. The van der Waals surface area contributed by atoms with Gasteiger partial charge in [-0.1, -0.05) is 15.9 Å². The summed E-state index contributed by atoms with van der Waals surface area (Å²) in [5.41, 5.74) is 0.685. The van der Waals surface area contributed by atoms with Gasteiger partial charge in [-0.25, -0.2) is 4.79 Å². The predicted molar refractivity (Wildman–Crippen MR) is 95.1 cm³/mol. The van der Waals surface area contributed by atoms with E-state index in [0.29, 0.717) is 30.5 Å². The molecule has 0 bridgehead atoms. The van der Waals surface area contributed by atoms with Gasteiger partial charge in [-0.15, -0.1) is 0 Å². The van der Waals surface area contributed by atoms with E-state index in [0.717, 1.165) is 23.7 Å². The number of piperidine rings is 1. The normalized spacial score (nSPS) is 19.8. The van der Waals surface area contributed by atoms with E-state index in [-0.39, 0.29) is 11.9 Å². The molecule has 2 N–H and O–H groups in total. The van der Waals surface area contributed by atoms with Gasteiger partial charge in [-0.3, -0.25) is 4.79 Å². The average molecular weight is 395 g/mol. The fourth-order valence-corrected chi connectivity index (χ4v) is 3.70. The van der Waals surface area contributed by atoms with E-state index >= 15 is 0 Å². The summed E-state index contributed by atoms with van der Waals surface area (Å²) in [6.45, 7) is 1.22.